The molecule has 1 aliphatic rings. The van der Waals surface area contributed by atoms with Crippen LogP contribution < -0.4 is 9.64 Å². The largest absolute Gasteiger partial charge is 0.489 e. The van der Waals surface area contributed by atoms with Crippen molar-refractivity contribution in [1.29, 1.82) is 0 Å². The number of aromatic nitrogens is 1. The van der Waals surface area contributed by atoms with Gasteiger partial charge in [0.15, 0.2) is 0 Å². The Morgan fingerprint density at radius 3 is 2.21 bits per heavy atom. The van der Waals surface area contributed by atoms with E-state index in [-0.39, 0.29) is 31.1 Å². The number of nitrogens with zero attached hydrogens (tertiary/aromatic N) is 3. The van der Waals surface area contributed by atoms with E-state index in [2.05, 4.69) is 0 Å². The van der Waals surface area contributed by atoms with Crippen molar-refractivity contribution in [3.8, 4) is 11.4 Å². The second-order valence-corrected chi connectivity index (χ2v) is 9.80. The third-order valence-corrected chi connectivity index (χ3v) is 7.08. The number of carbonyl (C=O) groups excluding carboxylic acids is 3. The molecule has 0 aliphatic carbocycles. The number of hydrogen-bond donors (Lipinski definition) is 0. The van der Waals surface area contributed by atoms with E-state index in [1.807, 2.05) is 36.6 Å². The average molecular weight is 568 g/mol. The van der Waals surface area contributed by atoms with Crippen molar-refractivity contribution in [3.05, 3.63) is 119 Å². The molecule has 0 N–H and O–H groups in total. The van der Waals surface area contributed by atoms with Crippen LogP contribution in [0.25, 0.3) is 11.8 Å². The maximum Gasteiger partial charge on any atom is 0.338 e. The fourth-order valence-corrected chi connectivity index (χ4v) is 4.91. The molecule has 214 valence electrons. The fourth-order valence-electron chi connectivity index (χ4n) is 4.91. The van der Waals surface area contributed by atoms with Crippen LogP contribution in [0.2, 0.25) is 0 Å². The number of aryl methyl sites for hydroxylation is 1. The van der Waals surface area contributed by atoms with Crippen LogP contribution in [0.4, 0.5) is 14.9 Å². The van der Waals surface area contributed by atoms with Crippen LogP contribution >= 0.6 is 0 Å². The van der Waals surface area contributed by atoms with Gasteiger partial charge in [0, 0.05) is 29.7 Å². The molecule has 0 bridgehead atoms. The molecule has 42 heavy (non-hydrogen) atoms. The van der Waals surface area contributed by atoms with Gasteiger partial charge < -0.3 is 14.0 Å². The van der Waals surface area contributed by atoms with Crippen molar-refractivity contribution >= 4 is 29.6 Å². The summed E-state index contributed by atoms with van der Waals surface area (Å²) in [6.07, 6.45) is 1.54. The Morgan fingerprint density at radius 1 is 0.833 bits per heavy atom. The lowest BCUT2D eigenvalue weighted by Crippen LogP contribution is -2.57. The molecule has 2 heterocycles. The number of barbiturate groups is 1. The molecule has 3 aromatic carbocycles. The lowest BCUT2D eigenvalue weighted by atomic mass is 10.1. The van der Waals surface area contributed by atoms with Crippen LogP contribution in [0, 0.1) is 19.7 Å². The number of para-hydroxylation sites is 1. The van der Waals surface area contributed by atoms with E-state index < -0.39 is 17.8 Å². The number of halogens is 1. The average Bonchev–Trinajstić information content (AvgIpc) is 3.27. The van der Waals surface area contributed by atoms with Gasteiger partial charge in [0.1, 0.15) is 23.7 Å². The van der Waals surface area contributed by atoms with Crippen molar-refractivity contribution in [3.63, 3.8) is 0 Å². The molecule has 4 aromatic rings. The van der Waals surface area contributed by atoms with Gasteiger partial charge >= 0.3 is 6.03 Å². The SMILES string of the molecule is COCCN1C(=O)/C(=C/c2cc(C)n(-c3ccc(OCc4ccccc4F)cc3)c2C)C(=O)N(c2ccccc2)C1=O. The Kier molecular flexibility index (Phi) is 8.31. The molecule has 0 spiro atoms. The molecule has 0 unspecified atom stereocenters. The second kappa shape index (κ2) is 12.2. The highest BCUT2D eigenvalue weighted by atomic mass is 19.1. The fraction of sp³-hybridized carbons (Fsp3) is 0.182. The summed E-state index contributed by atoms with van der Waals surface area (Å²) in [4.78, 5) is 42.3. The summed E-state index contributed by atoms with van der Waals surface area (Å²) in [6.45, 7) is 4.06. The predicted octanol–water partition coefficient (Wildman–Crippen LogP) is 5.84. The van der Waals surface area contributed by atoms with Crippen LogP contribution in [0.15, 0.2) is 90.5 Å². The number of methoxy groups -OCH3 is 1. The van der Waals surface area contributed by atoms with E-state index in [1.54, 1.807) is 60.7 Å². The van der Waals surface area contributed by atoms with Crippen LogP contribution in [0.5, 0.6) is 5.75 Å². The van der Waals surface area contributed by atoms with E-state index in [4.69, 9.17) is 9.47 Å². The Balaban J connectivity index is 1.44. The summed E-state index contributed by atoms with van der Waals surface area (Å²) < 4.78 is 26.8. The minimum Gasteiger partial charge on any atom is -0.489 e. The number of amides is 4. The van der Waals surface area contributed by atoms with Crippen LogP contribution in [-0.4, -0.2) is 47.6 Å². The minimum atomic E-state index is -0.715. The summed E-state index contributed by atoms with van der Waals surface area (Å²) in [6, 6.07) is 23.5. The van der Waals surface area contributed by atoms with Gasteiger partial charge in [-0.2, -0.15) is 0 Å². The van der Waals surface area contributed by atoms with Gasteiger partial charge in [-0.3, -0.25) is 14.5 Å². The first-order valence-electron chi connectivity index (χ1n) is 13.4. The molecular formula is C33H30FN3O5. The second-order valence-electron chi connectivity index (χ2n) is 9.80. The molecule has 1 aromatic heterocycles. The number of imide groups is 2. The Morgan fingerprint density at radius 2 is 1.52 bits per heavy atom. The molecule has 1 saturated heterocycles. The number of rotatable bonds is 9. The standard InChI is InChI=1S/C33H30FN3O5/c1-22-19-25(23(2)36(22)27-13-15-28(16-14-27)42-21-24-9-7-8-12-30(24)34)20-29-31(38)35(17-18-41-3)33(40)37(32(29)39)26-10-5-4-6-11-26/h4-16,19-20H,17-18,21H2,1-3H3/b29-20-. The third kappa shape index (κ3) is 5.59. The number of benzene rings is 3. The Hall–Kier alpha value is -5.02. The molecular weight excluding hydrogens is 537 g/mol. The normalized spacial score (nSPS) is 14.7. The maximum absolute atomic E-state index is 13.9. The molecule has 4 amide bonds. The minimum absolute atomic E-state index is 0.00642. The van der Waals surface area contributed by atoms with Crippen LogP contribution in [-0.2, 0) is 20.9 Å². The van der Waals surface area contributed by atoms with E-state index >= 15 is 0 Å². The van der Waals surface area contributed by atoms with Gasteiger partial charge in [-0.25, -0.2) is 14.1 Å². The van der Waals surface area contributed by atoms with Gasteiger partial charge in [-0.15, -0.1) is 0 Å². The molecule has 0 saturated carbocycles. The maximum atomic E-state index is 13.9. The number of hydrogen-bond acceptors (Lipinski definition) is 5. The smallest absolute Gasteiger partial charge is 0.338 e. The van der Waals surface area contributed by atoms with Crippen molar-refractivity contribution in [1.82, 2.24) is 9.47 Å². The van der Waals surface area contributed by atoms with Gasteiger partial charge in [0.25, 0.3) is 11.8 Å². The zero-order chi connectivity index (χ0) is 29.8. The molecule has 0 radical (unpaired) electrons. The Labute approximate surface area is 243 Å². The van der Waals surface area contributed by atoms with Crippen molar-refractivity contribution in [2.24, 2.45) is 0 Å². The molecule has 1 aliphatic heterocycles. The predicted molar refractivity (Wildman–Crippen MR) is 157 cm³/mol. The molecule has 9 heteroatoms. The number of anilines is 1. The molecule has 1 fully saturated rings. The van der Waals surface area contributed by atoms with Crippen molar-refractivity contribution in [2.75, 3.05) is 25.2 Å². The van der Waals surface area contributed by atoms with E-state index in [9.17, 15) is 18.8 Å². The zero-order valence-corrected chi connectivity index (χ0v) is 23.5. The Bertz CT molecular complexity index is 1660. The molecule has 5 rings (SSSR count). The van der Waals surface area contributed by atoms with E-state index in [1.165, 1.54) is 19.3 Å². The number of carbonyl (C=O) groups is 3. The highest BCUT2D eigenvalue weighted by molar-refractivity contribution is 6.39. The first kappa shape index (κ1) is 28.5. The van der Waals surface area contributed by atoms with Gasteiger partial charge in [-0.1, -0.05) is 36.4 Å². The van der Waals surface area contributed by atoms with E-state index in [0.717, 1.165) is 26.9 Å². The van der Waals surface area contributed by atoms with E-state index in [0.29, 0.717) is 22.6 Å². The van der Waals surface area contributed by atoms with Gasteiger partial charge in [0.05, 0.1) is 18.8 Å². The molecule has 8 nitrogen and oxygen atoms in total. The summed E-state index contributed by atoms with van der Waals surface area (Å²) >= 11 is 0. The molecule has 0 atom stereocenters. The highest BCUT2D eigenvalue weighted by Gasteiger charge is 2.42. The summed E-state index contributed by atoms with van der Waals surface area (Å²) in [5.74, 6) is -1.09. The van der Waals surface area contributed by atoms with Gasteiger partial charge in [0.2, 0.25) is 0 Å². The number of urea groups is 1. The van der Waals surface area contributed by atoms with Crippen LogP contribution in [0.1, 0.15) is 22.5 Å². The van der Waals surface area contributed by atoms with Crippen LogP contribution in [0.3, 0.4) is 0 Å². The lowest BCUT2D eigenvalue weighted by molar-refractivity contribution is -0.129. The highest BCUT2D eigenvalue weighted by Crippen LogP contribution is 2.29. The quantitative estimate of drug-likeness (QED) is 0.188. The summed E-state index contributed by atoms with van der Waals surface area (Å²) in [7, 11) is 1.48. The topological polar surface area (TPSA) is 81.1 Å². The monoisotopic (exact) mass is 567 g/mol. The first-order chi connectivity index (χ1) is 20.3. The number of ether oxygens (including phenoxy) is 2. The zero-order valence-electron chi connectivity index (χ0n) is 23.5. The third-order valence-electron chi connectivity index (χ3n) is 7.08. The van der Waals surface area contributed by atoms with Crippen molar-refractivity contribution in [2.45, 2.75) is 20.5 Å². The van der Waals surface area contributed by atoms with Gasteiger partial charge in [-0.05, 0) is 74.0 Å². The first-order valence-corrected chi connectivity index (χ1v) is 13.4. The van der Waals surface area contributed by atoms with Crippen molar-refractivity contribution < 1.29 is 28.2 Å². The summed E-state index contributed by atoms with van der Waals surface area (Å²) in [5.41, 5.74) is 3.91. The summed E-state index contributed by atoms with van der Waals surface area (Å²) in [5, 5.41) is 0. The lowest BCUT2D eigenvalue weighted by Gasteiger charge is -2.33.